The quantitative estimate of drug-likeness (QED) is 0.840. The molecule has 0 fully saturated rings. The van der Waals surface area contributed by atoms with Crippen molar-refractivity contribution in [3.8, 4) is 0 Å². The molecule has 3 nitrogen and oxygen atoms in total. The molecule has 0 saturated carbocycles. The van der Waals surface area contributed by atoms with Crippen LogP contribution in [0.4, 0.5) is 5.69 Å². The van der Waals surface area contributed by atoms with Crippen LogP contribution < -0.4 is 5.32 Å². The molecule has 0 atom stereocenters. The summed E-state index contributed by atoms with van der Waals surface area (Å²) < 4.78 is 0.801. The van der Waals surface area contributed by atoms with Crippen molar-refractivity contribution >= 4 is 27.6 Å². The van der Waals surface area contributed by atoms with Crippen LogP contribution in [0, 0.1) is 6.92 Å². The first kappa shape index (κ1) is 10.1. The first-order chi connectivity index (χ1) is 6.07. The molecule has 0 unspecified atom stereocenters. The molecule has 0 bridgehead atoms. The summed E-state index contributed by atoms with van der Waals surface area (Å²) in [5.74, 6) is -0.926. The van der Waals surface area contributed by atoms with Gasteiger partial charge in [-0.25, -0.2) is 4.79 Å². The number of nitrogens with one attached hydrogen (secondary N) is 1. The number of hydrogen-bond acceptors (Lipinski definition) is 2. The average Bonchev–Trinajstić information content (AvgIpc) is 2.09. The molecular formula is C9H10BrNO2. The van der Waals surface area contributed by atoms with Crippen LogP contribution in [0.5, 0.6) is 0 Å². The zero-order valence-corrected chi connectivity index (χ0v) is 8.97. The predicted molar refractivity (Wildman–Crippen MR) is 55.4 cm³/mol. The van der Waals surface area contributed by atoms with E-state index in [1.165, 1.54) is 0 Å². The minimum Gasteiger partial charge on any atom is -0.478 e. The second-order valence-electron chi connectivity index (χ2n) is 2.67. The summed E-state index contributed by atoms with van der Waals surface area (Å²) in [5.41, 5.74) is 1.90. The van der Waals surface area contributed by atoms with E-state index in [9.17, 15) is 4.79 Å². The maximum Gasteiger partial charge on any atom is 0.337 e. The van der Waals surface area contributed by atoms with Gasteiger partial charge in [0.15, 0.2) is 0 Å². The second kappa shape index (κ2) is 3.79. The highest BCUT2D eigenvalue weighted by Crippen LogP contribution is 2.29. The Morgan fingerprint density at radius 3 is 2.62 bits per heavy atom. The Morgan fingerprint density at radius 1 is 1.54 bits per heavy atom. The predicted octanol–water partition coefficient (Wildman–Crippen LogP) is 2.50. The number of carboxylic acids is 1. The number of benzene rings is 1. The lowest BCUT2D eigenvalue weighted by atomic mass is 10.1. The van der Waals surface area contributed by atoms with Gasteiger partial charge < -0.3 is 10.4 Å². The normalized spacial score (nSPS) is 9.77. The highest BCUT2D eigenvalue weighted by molar-refractivity contribution is 9.10. The van der Waals surface area contributed by atoms with Gasteiger partial charge in [-0.1, -0.05) is 6.07 Å². The summed E-state index contributed by atoms with van der Waals surface area (Å²) in [6.45, 7) is 1.91. The van der Waals surface area contributed by atoms with Crippen molar-refractivity contribution in [3.05, 3.63) is 27.7 Å². The summed E-state index contributed by atoms with van der Waals surface area (Å²) in [7, 11) is 1.70. The minimum absolute atomic E-state index is 0.278. The molecule has 0 spiro atoms. The van der Waals surface area contributed by atoms with Gasteiger partial charge in [0.25, 0.3) is 0 Å². The largest absolute Gasteiger partial charge is 0.478 e. The van der Waals surface area contributed by atoms with Crippen molar-refractivity contribution in [3.63, 3.8) is 0 Å². The van der Waals surface area contributed by atoms with Gasteiger partial charge in [0.1, 0.15) is 0 Å². The third-order valence-corrected chi connectivity index (χ3v) is 2.84. The lowest BCUT2D eigenvalue weighted by molar-refractivity contribution is 0.0698. The summed E-state index contributed by atoms with van der Waals surface area (Å²) in [4.78, 5) is 10.8. The molecule has 0 radical (unpaired) electrons. The number of carbonyl (C=O) groups is 1. The number of aromatic carboxylic acids is 1. The first-order valence-electron chi connectivity index (χ1n) is 3.78. The van der Waals surface area contributed by atoms with Gasteiger partial charge in [-0.15, -0.1) is 0 Å². The molecule has 1 aromatic carbocycles. The van der Waals surface area contributed by atoms with E-state index in [4.69, 9.17) is 5.11 Å². The van der Waals surface area contributed by atoms with E-state index in [-0.39, 0.29) is 5.56 Å². The fraction of sp³-hybridized carbons (Fsp3) is 0.222. The van der Waals surface area contributed by atoms with Gasteiger partial charge in [0.2, 0.25) is 0 Å². The van der Waals surface area contributed by atoms with E-state index >= 15 is 0 Å². The van der Waals surface area contributed by atoms with Crippen LogP contribution in [-0.2, 0) is 0 Å². The van der Waals surface area contributed by atoms with E-state index in [0.717, 1.165) is 10.0 Å². The van der Waals surface area contributed by atoms with E-state index < -0.39 is 5.97 Å². The number of rotatable bonds is 2. The second-order valence-corrected chi connectivity index (χ2v) is 3.47. The van der Waals surface area contributed by atoms with Crippen molar-refractivity contribution in [2.24, 2.45) is 0 Å². The maximum absolute atomic E-state index is 10.8. The molecule has 0 saturated heterocycles. The Kier molecular flexibility index (Phi) is 2.93. The molecule has 70 valence electrons. The Morgan fingerprint density at radius 2 is 2.15 bits per heavy atom. The lowest BCUT2D eigenvalue weighted by Crippen LogP contribution is -2.03. The van der Waals surface area contributed by atoms with Crippen molar-refractivity contribution < 1.29 is 9.90 Å². The highest BCUT2D eigenvalue weighted by atomic mass is 79.9. The molecule has 0 amide bonds. The van der Waals surface area contributed by atoms with E-state index in [0.29, 0.717) is 5.69 Å². The van der Waals surface area contributed by atoms with Gasteiger partial charge in [0.05, 0.1) is 11.3 Å². The van der Waals surface area contributed by atoms with Gasteiger partial charge >= 0.3 is 5.97 Å². The van der Waals surface area contributed by atoms with Crippen molar-refractivity contribution in [1.29, 1.82) is 0 Å². The molecule has 1 aromatic rings. The molecule has 4 heteroatoms. The third-order valence-electron chi connectivity index (χ3n) is 1.82. The van der Waals surface area contributed by atoms with Gasteiger partial charge in [-0.3, -0.25) is 0 Å². The molecular weight excluding hydrogens is 234 g/mol. The topological polar surface area (TPSA) is 49.3 Å². The lowest BCUT2D eigenvalue weighted by Gasteiger charge is -2.09. The minimum atomic E-state index is -0.926. The Hall–Kier alpha value is -1.03. The average molecular weight is 244 g/mol. The van der Waals surface area contributed by atoms with Crippen LogP contribution >= 0.6 is 15.9 Å². The zero-order chi connectivity index (χ0) is 10.0. The fourth-order valence-corrected chi connectivity index (χ4v) is 1.65. The highest BCUT2D eigenvalue weighted by Gasteiger charge is 2.12. The first-order valence-corrected chi connectivity index (χ1v) is 4.57. The zero-order valence-electron chi connectivity index (χ0n) is 7.39. The Balaban J connectivity index is 3.38. The SMILES string of the molecule is CNc1c(C(=O)O)ccc(C)c1Br. The Bertz CT molecular complexity index is 350. The number of halogens is 1. The summed E-state index contributed by atoms with van der Waals surface area (Å²) in [5, 5.41) is 11.7. The molecule has 0 aliphatic rings. The summed E-state index contributed by atoms with van der Waals surface area (Å²) >= 11 is 3.33. The number of carboxylic acid groups (broad SMARTS) is 1. The third kappa shape index (κ3) is 1.83. The molecule has 0 aliphatic heterocycles. The van der Waals surface area contributed by atoms with Crippen LogP contribution in [0.1, 0.15) is 15.9 Å². The van der Waals surface area contributed by atoms with E-state index in [2.05, 4.69) is 21.2 Å². The van der Waals surface area contributed by atoms with Crippen molar-refractivity contribution in [2.45, 2.75) is 6.92 Å². The number of hydrogen-bond donors (Lipinski definition) is 2. The number of anilines is 1. The van der Waals surface area contributed by atoms with Crippen LogP contribution in [0.2, 0.25) is 0 Å². The van der Waals surface area contributed by atoms with Crippen LogP contribution in [0.25, 0.3) is 0 Å². The molecule has 2 N–H and O–H groups in total. The molecule has 13 heavy (non-hydrogen) atoms. The van der Waals surface area contributed by atoms with Crippen molar-refractivity contribution in [2.75, 3.05) is 12.4 Å². The number of aryl methyl sites for hydroxylation is 1. The fourth-order valence-electron chi connectivity index (χ4n) is 1.10. The summed E-state index contributed by atoms with van der Waals surface area (Å²) in [6, 6.07) is 3.36. The Labute approximate surface area is 84.9 Å². The van der Waals surface area contributed by atoms with Crippen LogP contribution in [-0.4, -0.2) is 18.1 Å². The molecule has 0 aromatic heterocycles. The molecule has 1 rings (SSSR count). The van der Waals surface area contributed by atoms with Gasteiger partial charge in [-0.05, 0) is 34.5 Å². The maximum atomic E-state index is 10.8. The standard InChI is InChI=1S/C9H10BrNO2/c1-5-3-4-6(9(12)13)8(11-2)7(5)10/h3-4,11H,1-2H3,(H,12,13). The summed E-state index contributed by atoms with van der Waals surface area (Å²) in [6.07, 6.45) is 0. The van der Waals surface area contributed by atoms with Gasteiger partial charge in [0, 0.05) is 11.5 Å². The smallest absolute Gasteiger partial charge is 0.337 e. The van der Waals surface area contributed by atoms with Crippen molar-refractivity contribution in [1.82, 2.24) is 0 Å². The van der Waals surface area contributed by atoms with E-state index in [1.807, 2.05) is 6.92 Å². The molecule has 0 heterocycles. The van der Waals surface area contributed by atoms with Crippen LogP contribution in [0.15, 0.2) is 16.6 Å². The van der Waals surface area contributed by atoms with Crippen LogP contribution in [0.3, 0.4) is 0 Å². The van der Waals surface area contributed by atoms with Gasteiger partial charge in [-0.2, -0.15) is 0 Å². The van der Waals surface area contributed by atoms with E-state index in [1.54, 1.807) is 19.2 Å². The monoisotopic (exact) mass is 243 g/mol. The molecule has 0 aliphatic carbocycles.